The maximum absolute atomic E-state index is 12.2. The summed E-state index contributed by atoms with van der Waals surface area (Å²) >= 11 is 1.81. The third kappa shape index (κ3) is 2.20. The summed E-state index contributed by atoms with van der Waals surface area (Å²) in [7, 11) is 0. The van der Waals surface area contributed by atoms with Gasteiger partial charge in [0.15, 0.2) is 0 Å². The van der Waals surface area contributed by atoms with Gasteiger partial charge < -0.3 is 5.32 Å². The van der Waals surface area contributed by atoms with E-state index >= 15 is 0 Å². The van der Waals surface area contributed by atoms with Crippen molar-refractivity contribution in [2.24, 2.45) is 5.92 Å². The molecule has 4 rings (SSSR count). The lowest BCUT2D eigenvalue weighted by Crippen LogP contribution is -2.43. The molecule has 1 aromatic heterocycles. The molecule has 21 heavy (non-hydrogen) atoms. The van der Waals surface area contributed by atoms with Crippen molar-refractivity contribution in [1.29, 1.82) is 0 Å². The highest BCUT2D eigenvalue weighted by molar-refractivity contribution is 7.10. The number of carbonyl (C=O) groups is 1. The van der Waals surface area contributed by atoms with Crippen molar-refractivity contribution in [3.8, 4) is 0 Å². The maximum atomic E-state index is 12.2. The second kappa shape index (κ2) is 4.99. The van der Waals surface area contributed by atoms with Crippen LogP contribution in [0.4, 0.5) is 0 Å². The van der Waals surface area contributed by atoms with Gasteiger partial charge in [0.2, 0.25) is 5.91 Å². The average molecular weight is 297 g/mol. The number of amides is 1. The Kier molecular flexibility index (Phi) is 3.11. The van der Waals surface area contributed by atoms with Gasteiger partial charge in [0.05, 0.1) is 0 Å². The molecular formula is C18H19NOS. The summed E-state index contributed by atoms with van der Waals surface area (Å²) in [5.41, 5.74) is 1.34. The molecule has 0 radical (unpaired) electrons. The summed E-state index contributed by atoms with van der Waals surface area (Å²) in [5, 5.41) is 5.41. The summed E-state index contributed by atoms with van der Waals surface area (Å²) in [6, 6.07) is 15.1. The first-order valence-electron chi connectivity index (χ1n) is 7.66. The molecule has 1 aromatic carbocycles. The van der Waals surface area contributed by atoms with Crippen LogP contribution in [0.1, 0.15) is 29.7 Å². The van der Waals surface area contributed by atoms with Crippen molar-refractivity contribution in [1.82, 2.24) is 5.32 Å². The van der Waals surface area contributed by atoms with Crippen molar-refractivity contribution in [2.75, 3.05) is 0 Å². The number of rotatable bonds is 4. The molecule has 0 bridgehead atoms. The van der Waals surface area contributed by atoms with Crippen LogP contribution in [0.25, 0.3) is 0 Å². The van der Waals surface area contributed by atoms with Gasteiger partial charge in [-0.2, -0.15) is 0 Å². The van der Waals surface area contributed by atoms with Crippen LogP contribution in [0.5, 0.6) is 0 Å². The number of nitrogens with one attached hydrogen (secondary N) is 1. The first-order valence-corrected chi connectivity index (χ1v) is 8.54. The molecule has 1 aliphatic carbocycles. The summed E-state index contributed by atoms with van der Waals surface area (Å²) in [6.07, 6.45) is 4.12. The quantitative estimate of drug-likeness (QED) is 0.919. The van der Waals surface area contributed by atoms with Crippen molar-refractivity contribution < 1.29 is 4.79 Å². The normalized spacial score (nSPS) is 28.6. The first kappa shape index (κ1) is 13.1. The minimum atomic E-state index is 0.0289. The Hall–Kier alpha value is -1.61. The zero-order chi connectivity index (χ0) is 14.3. The second-order valence-electron chi connectivity index (χ2n) is 6.28. The minimum absolute atomic E-state index is 0.0289. The predicted molar refractivity (Wildman–Crippen MR) is 85.4 cm³/mol. The lowest BCUT2D eigenvalue weighted by molar-refractivity contribution is -0.119. The van der Waals surface area contributed by atoms with Crippen LogP contribution in [-0.2, 0) is 16.6 Å². The van der Waals surface area contributed by atoms with E-state index in [2.05, 4.69) is 47.1 Å². The molecule has 1 saturated heterocycles. The van der Waals surface area contributed by atoms with E-state index in [0.717, 1.165) is 6.42 Å². The SMILES string of the molecule is O=C1CC(c2cccs2)(C2CC2)C(Cc2ccccc2)N1. The number of carbonyl (C=O) groups excluding carboxylic acids is 1. The monoisotopic (exact) mass is 297 g/mol. The molecule has 1 amide bonds. The van der Waals surface area contributed by atoms with Crippen LogP contribution >= 0.6 is 11.3 Å². The zero-order valence-corrected chi connectivity index (χ0v) is 12.7. The molecule has 108 valence electrons. The van der Waals surface area contributed by atoms with Crippen molar-refractivity contribution >= 4 is 17.2 Å². The van der Waals surface area contributed by atoms with E-state index in [-0.39, 0.29) is 17.4 Å². The third-order valence-corrected chi connectivity index (χ3v) is 6.04. The average Bonchev–Trinajstić information content (AvgIpc) is 3.09. The van der Waals surface area contributed by atoms with Gasteiger partial charge in [0.1, 0.15) is 0 Å². The summed E-state index contributed by atoms with van der Waals surface area (Å²) in [6.45, 7) is 0. The van der Waals surface area contributed by atoms with Crippen LogP contribution in [0, 0.1) is 5.92 Å². The van der Waals surface area contributed by atoms with Crippen molar-refractivity contribution in [3.63, 3.8) is 0 Å². The van der Waals surface area contributed by atoms with Crippen LogP contribution in [0.3, 0.4) is 0 Å². The summed E-state index contributed by atoms with van der Waals surface area (Å²) in [4.78, 5) is 13.6. The number of hydrogen-bond donors (Lipinski definition) is 1. The minimum Gasteiger partial charge on any atom is -0.352 e. The third-order valence-electron chi connectivity index (χ3n) is 4.98. The molecule has 0 spiro atoms. The Morgan fingerprint density at radius 3 is 2.62 bits per heavy atom. The van der Waals surface area contributed by atoms with Crippen LogP contribution in [-0.4, -0.2) is 11.9 Å². The van der Waals surface area contributed by atoms with Gasteiger partial charge in [-0.3, -0.25) is 4.79 Å². The zero-order valence-electron chi connectivity index (χ0n) is 11.9. The molecule has 2 atom stereocenters. The maximum Gasteiger partial charge on any atom is 0.221 e. The lowest BCUT2D eigenvalue weighted by Gasteiger charge is -2.34. The van der Waals surface area contributed by atoms with E-state index in [1.807, 2.05) is 17.4 Å². The van der Waals surface area contributed by atoms with Gasteiger partial charge in [-0.25, -0.2) is 0 Å². The molecule has 3 heteroatoms. The fourth-order valence-electron chi connectivity index (χ4n) is 3.88. The number of thiophene rings is 1. The highest BCUT2D eigenvalue weighted by Crippen LogP contribution is 2.55. The first-order chi connectivity index (χ1) is 10.3. The topological polar surface area (TPSA) is 29.1 Å². The van der Waals surface area contributed by atoms with Gasteiger partial charge in [-0.15, -0.1) is 11.3 Å². The van der Waals surface area contributed by atoms with Gasteiger partial charge in [-0.05, 0) is 42.2 Å². The Morgan fingerprint density at radius 2 is 1.95 bits per heavy atom. The molecule has 1 aliphatic heterocycles. The summed E-state index contributed by atoms with van der Waals surface area (Å²) in [5.74, 6) is 0.889. The smallest absolute Gasteiger partial charge is 0.221 e. The van der Waals surface area contributed by atoms with Crippen LogP contribution in [0.15, 0.2) is 47.8 Å². The molecule has 2 unspecified atom stereocenters. The Bertz CT molecular complexity index is 633. The van der Waals surface area contributed by atoms with E-state index in [9.17, 15) is 4.79 Å². The predicted octanol–water partition coefficient (Wildman–Crippen LogP) is 3.53. The lowest BCUT2D eigenvalue weighted by atomic mass is 9.72. The number of hydrogen-bond acceptors (Lipinski definition) is 2. The fourth-order valence-corrected chi connectivity index (χ4v) is 4.94. The highest BCUT2D eigenvalue weighted by Gasteiger charge is 2.56. The number of benzene rings is 1. The van der Waals surface area contributed by atoms with Crippen LogP contribution < -0.4 is 5.32 Å². The van der Waals surface area contributed by atoms with E-state index < -0.39 is 0 Å². The van der Waals surface area contributed by atoms with E-state index in [4.69, 9.17) is 0 Å². The van der Waals surface area contributed by atoms with Gasteiger partial charge in [0.25, 0.3) is 0 Å². The summed E-state index contributed by atoms with van der Waals surface area (Å²) < 4.78 is 0. The largest absolute Gasteiger partial charge is 0.352 e. The molecule has 2 aliphatic rings. The second-order valence-corrected chi connectivity index (χ2v) is 7.23. The molecular weight excluding hydrogens is 278 g/mol. The van der Waals surface area contributed by atoms with E-state index in [1.54, 1.807) is 0 Å². The molecule has 1 saturated carbocycles. The van der Waals surface area contributed by atoms with Crippen LogP contribution in [0.2, 0.25) is 0 Å². The molecule has 2 aromatic rings. The Balaban J connectivity index is 1.72. The molecule has 2 heterocycles. The Morgan fingerprint density at radius 1 is 1.14 bits per heavy atom. The van der Waals surface area contributed by atoms with Gasteiger partial charge >= 0.3 is 0 Å². The van der Waals surface area contributed by atoms with Crippen molar-refractivity contribution in [2.45, 2.75) is 37.1 Å². The van der Waals surface area contributed by atoms with E-state index in [1.165, 1.54) is 23.3 Å². The van der Waals surface area contributed by atoms with Gasteiger partial charge in [-0.1, -0.05) is 36.4 Å². The standard InChI is InChI=1S/C18H19NOS/c20-17-12-18(14-8-9-14,16-7-4-10-21-16)15(19-17)11-13-5-2-1-3-6-13/h1-7,10,14-15H,8-9,11-12H2,(H,19,20). The van der Waals surface area contributed by atoms with Gasteiger partial charge in [0, 0.05) is 22.8 Å². The molecule has 2 nitrogen and oxygen atoms in total. The molecule has 2 fully saturated rings. The highest BCUT2D eigenvalue weighted by atomic mass is 32.1. The Labute approximate surface area is 129 Å². The van der Waals surface area contributed by atoms with E-state index in [0.29, 0.717) is 12.3 Å². The molecule has 1 N–H and O–H groups in total. The fraction of sp³-hybridized carbons (Fsp3) is 0.389. The van der Waals surface area contributed by atoms with Crippen molar-refractivity contribution in [3.05, 3.63) is 58.3 Å².